The lowest BCUT2D eigenvalue weighted by molar-refractivity contribution is 0.534. The van der Waals surface area contributed by atoms with Crippen LogP contribution in [0.5, 0.6) is 0 Å². The maximum absolute atomic E-state index is 12.0. The molecule has 1 fully saturated rings. The second kappa shape index (κ2) is 3.33. The van der Waals surface area contributed by atoms with Gasteiger partial charge in [-0.1, -0.05) is 17.7 Å². The number of sulfone groups is 1. The zero-order chi connectivity index (χ0) is 11.3. The van der Waals surface area contributed by atoms with Gasteiger partial charge in [0.05, 0.1) is 10.6 Å². The molecule has 0 saturated heterocycles. The van der Waals surface area contributed by atoms with E-state index in [0.29, 0.717) is 16.6 Å². The molecule has 0 N–H and O–H groups in total. The first-order valence-electron chi connectivity index (χ1n) is 5.91. The number of fused-ring (bicyclic) bond motifs is 1. The van der Waals surface area contributed by atoms with Gasteiger partial charge in [-0.2, -0.15) is 0 Å². The van der Waals surface area contributed by atoms with E-state index in [9.17, 15) is 8.42 Å². The Balaban J connectivity index is 2.17. The minimum atomic E-state index is -3.00. The molecule has 1 aliphatic carbocycles. The van der Waals surface area contributed by atoms with E-state index in [1.165, 1.54) is 18.4 Å². The molecule has 2 nitrogen and oxygen atoms in total. The maximum Gasteiger partial charge on any atom is 0.178 e. The van der Waals surface area contributed by atoms with Crippen LogP contribution >= 0.6 is 0 Å². The van der Waals surface area contributed by atoms with Crippen molar-refractivity contribution in [1.82, 2.24) is 0 Å². The van der Waals surface area contributed by atoms with E-state index < -0.39 is 9.84 Å². The fraction of sp³-hybridized carbons (Fsp3) is 0.538. The van der Waals surface area contributed by atoms with Crippen molar-refractivity contribution in [2.75, 3.05) is 5.75 Å². The summed E-state index contributed by atoms with van der Waals surface area (Å²) in [4.78, 5) is 0.598. The second-order valence-corrected chi connectivity index (χ2v) is 7.17. The van der Waals surface area contributed by atoms with Gasteiger partial charge in [0.25, 0.3) is 0 Å². The van der Waals surface area contributed by atoms with Crippen LogP contribution in [0.2, 0.25) is 0 Å². The molecule has 0 radical (unpaired) electrons. The van der Waals surface area contributed by atoms with E-state index >= 15 is 0 Å². The largest absolute Gasteiger partial charge is 0.224 e. The van der Waals surface area contributed by atoms with Crippen molar-refractivity contribution >= 4 is 9.84 Å². The van der Waals surface area contributed by atoms with Gasteiger partial charge < -0.3 is 0 Å². The molecule has 0 spiro atoms. The quantitative estimate of drug-likeness (QED) is 0.751. The summed E-state index contributed by atoms with van der Waals surface area (Å²) in [6.45, 7) is 2.03. The summed E-state index contributed by atoms with van der Waals surface area (Å²) in [5.41, 5.74) is 2.26. The third-order valence-corrected chi connectivity index (χ3v) is 5.60. The van der Waals surface area contributed by atoms with Crippen molar-refractivity contribution in [3.8, 4) is 0 Å². The van der Waals surface area contributed by atoms with Crippen molar-refractivity contribution in [3.05, 3.63) is 29.3 Å². The Morgan fingerprint density at radius 2 is 1.94 bits per heavy atom. The standard InChI is InChI=1S/C13H16O2S/c1-9-2-5-13-12(8-9)11(10-3-4-10)6-7-16(13,14)15/h2,5,8,10-11H,3-4,6-7H2,1H3. The molecule has 1 aromatic carbocycles. The molecule has 1 aromatic rings. The number of hydrogen-bond donors (Lipinski definition) is 0. The molecule has 3 rings (SSSR count). The molecule has 0 aromatic heterocycles. The topological polar surface area (TPSA) is 34.1 Å². The second-order valence-electron chi connectivity index (χ2n) is 5.09. The Morgan fingerprint density at radius 3 is 2.62 bits per heavy atom. The van der Waals surface area contributed by atoms with Crippen molar-refractivity contribution in [2.45, 2.75) is 37.0 Å². The summed E-state index contributed by atoms with van der Waals surface area (Å²) < 4.78 is 23.9. The van der Waals surface area contributed by atoms with E-state index in [0.717, 1.165) is 17.9 Å². The SMILES string of the molecule is Cc1ccc2c(c1)C(C1CC1)CCS2(=O)=O. The van der Waals surface area contributed by atoms with Gasteiger partial charge in [0.1, 0.15) is 0 Å². The maximum atomic E-state index is 12.0. The molecule has 0 amide bonds. The van der Waals surface area contributed by atoms with Crippen LogP contribution in [-0.2, 0) is 9.84 Å². The summed E-state index contributed by atoms with van der Waals surface area (Å²) in [7, 11) is -3.00. The average Bonchev–Trinajstić information content (AvgIpc) is 3.01. The van der Waals surface area contributed by atoms with E-state index in [1.54, 1.807) is 6.07 Å². The highest BCUT2D eigenvalue weighted by atomic mass is 32.2. The molecule has 1 aliphatic heterocycles. The van der Waals surface area contributed by atoms with Gasteiger partial charge in [-0.15, -0.1) is 0 Å². The molecule has 3 heteroatoms. The van der Waals surface area contributed by atoms with Gasteiger partial charge in [0.2, 0.25) is 0 Å². The molecular weight excluding hydrogens is 220 g/mol. The van der Waals surface area contributed by atoms with Gasteiger partial charge in [0.15, 0.2) is 9.84 Å². The number of rotatable bonds is 1. The molecule has 1 heterocycles. The summed E-state index contributed by atoms with van der Waals surface area (Å²) in [5, 5.41) is 0. The lowest BCUT2D eigenvalue weighted by Crippen LogP contribution is -2.21. The van der Waals surface area contributed by atoms with Gasteiger partial charge in [-0.05, 0) is 49.7 Å². The first-order valence-corrected chi connectivity index (χ1v) is 7.56. The first-order chi connectivity index (χ1) is 7.58. The number of hydrogen-bond acceptors (Lipinski definition) is 2. The fourth-order valence-electron chi connectivity index (χ4n) is 2.78. The lowest BCUT2D eigenvalue weighted by Gasteiger charge is -2.25. The summed E-state index contributed by atoms with van der Waals surface area (Å²) in [5.74, 6) is 1.58. The van der Waals surface area contributed by atoms with Crippen LogP contribution in [0.4, 0.5) is 0 Å². The number of aryl methyl sites for hydroxylation is 1. The Labute approximate surface area is 96.6 Å². The van der Waals surface area contributed by atoms with E-state index in [-0.39, 0.29) is 0 Å². The summed E-state index contributed by atoms with van der Waals surface area (Å²) >= 11 is 0. The highest BCUT2D eigenvalue weighted by molar-refractivity contribution is 7.91. The molecule has 86 valence electrons. The fourth-order valence-corrected chi connectivity index (χ4v) is 4.41. The molecule has 16 heavy (non-hydrogen) atoms. The van der Waals surface area contributed by atoms with E-state index in [4.69, 9.17) is 0 Å². The Hall–Kier alpha value is -0.830. The zero-order valence-corrected chi connectivity index (χ0v) is 10.3. The average molecular weight is 236 g/mol. The zero-order valence-electron chi connectivity index (χ0n) is 9.44. The highest BCUT2D eigenvalue weighted by Crippen LogP contribution is 2.48. The van der Waals surface area contributed by atoms with Crippen LogP contribution < -0.4 is 0 Å². The van der Waals surface area contributed by atoms with Gasteiger partial charge in [0, 0.05) is 0 Å². The Morgan fingerprint density at radius 1 is 1.19 bits per heavy atom. The monoisotopic (exact) mass is 236 g/mol. The summed E-state index contributed by atoms with van der Waals surface area (Å²) in [6, 6.07) is 5.79. The first kappa shape index (κ1) is 10.3. The lowest BCUT2D eigenvalue weighted by atomic mass is 9.90. The highest BCUT2D eigenvalue weighted by Gasteiger charge is 2.39. The summed E-state index contributed by atoms with van der Waals surface area (Å²) in [6.07, 6.45) is 3.37. The molecule has 0 bridgehead atoms. The van der Waals surface area contributed by atoms with Crippen molar-refractivity contribution in [3.63, 3.8) is 0 Å². The number of benzene rings is 1. The van der Waals surface area contributed by atoms with Crippen LogP contribution in [-0.4, -0.2) is 14.2 Å². The minimum absolute atomic E-state index is 0.338. The molecule has 1 atom stereocenters. The van der Waals surface area contributed by atoms with Gasteiger partial charge in [-0.3, -0.25) is 0 Å². The minimum Gasteiger partial charge on any atom is -0.224 e. The van der Waals surface area contributed by atoms with Crippen LogP contribution in [0, 0.1) is 12.8 Å². The Bertz CT molecular complexity index is 527. The van der Waals surface area contributed by atoms with Crippen LogP contribution in [0.1, 0.15) is 36.3 Å². The molecule has 1 unspecified atom stereocenters. The third kappa shape index (κ3) is 1.58. The molecular formula is C13H16O2S. The Kier molecular flexibility index (Phi) is 2.15. The van der Waals surface area contributed by atoms with Crippen molar-refractivity contribution in [1.29, 1.82) is 0 Å². The molecule has 2 aliphatic rings. The van der Waals surface area contributed by atoms with Crippen molar-refractivity contribution < 1.29 is 8.42 Å². The van der Waals surface area contributed by atoms with Gasteiger partial charge >= 0.3 is 0 Å². The predicted octanol–water partition coefficient (Wildman–Crippen LogP) is 2.67. The van der Waals surface area contributed by atoms with E-state index in [1.807, 2.05) is 13.0 Å². The van der Waals surface area contributed by atoms with Crippen LogP contribution in [0.3, 0.4) is 0 Å². The van der Waals surface area contributed by atoms with Crippen LogP contribution in [0.25, 0.3) is 0 Å². The van der Waals surface area contributed by atoms with Crippen molar-refractivity contribution in [2.24, 2.45) is 5.92 Å². The van der Waals surface area contributed by atoms with Gasteiger partial charge in [-0.25, -0.2) is 8.42 Å². The normalized spacial score (nSPS) is 27.4. The van der Waals surface area contributed by atoms with Crippen LogP contribution in [0.15, 0.2) is 23.1 Å². The molecule has 1 saturated carbocycles. The third-order valence-electron chi connectivity index (χ3n) is 3.79. The van der Waals surface area contributed by atoms with E-state index in [2.05, 4.69) is 6.07 Å². The predicted molar refractivity (Wildman–Crippen MR) is 63.3 cm³/mol. The smallest absolute Gasteiger partial charge is 0.178 e.